The monoisotopic (exact) mass is 277 g/mol. The van der Waals surface area contributed by atoms with Crippen molar-refractivity contribution in [3.63, 3.8) is 0 Å². The Balaban J connectivity index is 3.22. The molecule has 0 aliphatic carbocycles. The topological polar surface area (TPSA) is 92.0 Å². The van der Waals surface area contributed by atoms with Gasteiger partial charge in [0.15, 0.2) is 0 Å². The number of aromatic hydroxyl groups is 1. The summed E-state index contributed by atoms with van der Waals surface area (Å²) in [6.07, 6.45) is 4.09. The third kappa shape index (κ3) is 3.13. The first kappa shape index (κ1) is 16.1. The summed E-state index contributed by atoms with van der Waals surface area (Å²) in [5, 5.41) is 19.1. The number of hydrogen-bond acceptors (Lipinski definition) is 4. The second-order valence-electron chi connectivity index (χ2n) is 5.18. The molecule has 0 bridgehead atoms. The predicted molar refractivity (Wildman–Crippen MR) is 79.5 cm³/mol. The van der Waals surface area contributed by atoms with Gasteiger partial charge in [0.05, 0.1) is 5.69 Å². The third-order valence-corrected chi connectivity index (χ3v) is 3.83. The van der Waals surface area contributed by atoms with Gasteiger partial charge in [-0.1, -0.05) is 33.1 Å². The molecule has 0 aromatic carbocycles. The molecular formula is C15H23N3O2. The lowest BCUT2D eigenvalue weighted by Crippen LogP contribution is -2.28. The van der Waals surface area contributed by atoms with Crippen LogP contribution in [-0.2, 0) is 6.54 Å². The molecule has 3 N–H and O–H groups in total. The molecule has 0 aliphatic rings. The fraction of sp³-hybridized carbons (Fsp3) is 0.600. The van der Waals surface area contributed by atoms with Crippen molar-refractivity contribution in [2.45, 2.75) is 53.0 Å². The van der Waals surface area contributed by atoms with E-state index >= 15 is 0 Å². The zero-order valence-corrected chi connectivity index (χ0v) is 12.4. The second kappa shape index (κ2) is 6.99. The quantitative estimate of drug-likeness (QED) is 0.835. The highest BCUT2D eigenvalue weighted by Crippen LogP contribution is 2.25. The first-order valence-corrected chi connectivity index (χ1v) is 7.09. The van der Waals surface area contributed by atoms with Crippen molar-refractivity contribution in [2.75, 3.05) is 5.73 Å². The lowest BCUT2D eigenvalue weighted by atomic mass is 9.99. The number of unbranched alkanes of at least 4 members (excludes halogenated alkanes) is 1. The molecule has 0 aliphatic heterocycles. The van der Waals surface area contributed by atoms with Crippen molar-refractivity contribution in [1.82, 2.24) is 4.57 Å². The van der Waals surface area contributed by atoms with Crippen molar-refractivity contribution in [1.29, 1.82) is 5.26 Å². The van der Waals surface area contributed by atoms with E-state index in [1.807, 2.05) is 6.07 Å². The van der Waals surface area contributed by atoms with Gasteiger partial charge in [0.1, 0.15) is 11.6 Å². The summed E-state index contributed by atoms with van der Waals surface area (Å²) in [5.74, 6) is 0.0775. The average molecular weight is 277 g/mol. The molecule has 1 unspecified atom stereocenters. The number of aromatic nitrogens is 1. The maximum absolute atomic E-state index is 12.2. The van der Waals surface area contributed by atoms with Crippen LogP contribution in [0, 0.1) is 24.2 Å². The number of hydrogen-bond donors (Lipinski definition) is 2. The van der Waals surface area contributed by atoms with Gasteiger partial charge in [-0.05, 0) is 19.3 Å². The molecule has 0 fully saturated rings. The van der Waals surface area contributed by atoms with Crippen LogP contribution in [0.3, 0.4) is 0 Å². The molecule has 110 valence electrons. The Labute approximate surface area is 119 Å². The molecule has 1 aromatic heterocycles. The molecule has 20 heavy (non-hydrogen) atoms. The summed E-state index contributed by atoms with van der Waals surface area (Å²) in [7, 11) is 0. The summed E-state index contributed by atoms with van der Waals surface area (Å²) in [4.78, 5) is 12.2. The van der Waals surface area contributed by atoms with Gasteiger partial charge in [-0.3, -0.25) is 9.36 Å². The van der Waals surface area contributed by atoms with Crippen LogP contribution >= 0.6 is 0 Å². The number of nitrogens with two attached hydrogens (primary N) is 1. The van der Waals surface area contributed by atoms with E-state index in [9.17, 15) is 9.90 Å². The number of rotatable bonds is 6. The number of nitrogen functional groups attached to an aromatic ring is 1. The van der Waals surface area contributed by atoms with E-state index in [0.29, 0.717) is 18.0 Å². The van der Waals surface area contributed by atoms with Gasteiger partial charge in [-0.25, -0.2) is 0 Å². The Morgan fingerprint density at radius 3 is 2.60 bits per heavy atom. The standard InChI is InChI=1S/C15H23N3O2/c1-4-6-7-11(5-2)9-18-14(19)12(8-16)10(3)13(17)15(18)20/h11,20H,4-7,9,17H2,1-3H3. The van der Waals surface area contributed by atoms with Crippen LogP contribution in [0.25, 0.3) is 0 Å². The van der Waals surface area contributed by atoms with Crippen LogP contribution in [0.15, 0.2) is 4.79 Å². The van der Waals surface area contributed by atoms with Gasteiger partial charge in [-0.15, -0.1) is 0 Å². The highest BCUT2D eigenvalue weighted by molar-refractivity contribution is 5.59. The van der Waals surface area contributed by atoms with Crippen LogP contribution in [0.4, 0.5) is 5.69 Å². The molecule has 1 rings (SSSR count). The maximum atomic E-state index is 12.2. The Morgan fingerprint density at radius 1 is 1.45 bits per heavy atom. The summed E-state index contributed by atoms with van der Waals surface area (Å²) in [6, 6.07) is 1.88. The van der Waals surface area contributed by atoms with Gasteiger partial charge in [0, 0.05) is 12.1 Å². The minimum Gasteiger partial charge on any atom is -0.493 e. The van der Waals surface area contributed by atoms with Crippen LogP contribution < -0.4 is 11.3 Å². The molecule has 1 atom stereocenters. The molecule has 5 heteroatoms. The normalized spacial score (nSPS) is 12.1. The van der Waals surface area contributed by atoms with Crippen molar-refractivity contribution in [3.05, 3.63) is 21.5 Å². The molecule has 0 saturated heterocycles. The second-order valence-corrected chi connectivity index (χ2v) is 5.18. The number of anilines is 1. The van der Waals surface area contributed by atoms with E-state index in [2.05, 4.69) is 13.8 Å². The van der Waals surface area contributed by atoms with Crippen LogP contribution in [0.2, 0.25) is 0 Å². The first-order chi connectivity index (χ1) is 9.47. The Morgan fingerprint density at radius 2 is 2.10 bits per heavy atom. The van der Waals surface area contributed by atoms with Crippen LogP contribution in [0.1, 0.15) is 50.7 Å². The van der Waals surface area contributed by atoms with Crippen molar-refractivity contribution in [2.24, 2.45) is 5.92 Å². The minimum absolute atomic E-state index is 0.0191. The van der Waals surface area contributed by atoms with E-state index in [4.69, 9.17) is 11.0 Å². The smallest absolute Gasteiger partial charge is 0.271 e. The van der Waals surface area contributed by atoms with E-state index in [0.717, 1.165) is 25.7 Å². The van der Waals surface area contributed by atoms with E-state index in [-0.39, 0.29) is 17.1 Å². The lowest BCUT2D eigenvalue weighted by Gasteiger charge is -2.19. The SMILES string of the molecule is CCCCC(CC)Cn1c(O)c(N)c(C)c(C#N)c1=O. The molecule has 0 amide bonds. The van der Waals surface area contributed by atoms with Gasteiger partial charge in [0.25, 0.3) is 5.56 Å². The summed E-state index contributed by atoms with van der Waals surface area (Å²) < 4.78 is 1.24. The Bertz CT molecular complexity index is 570. The first-order valence-electron chi connectivity index (χ1n) is 7.09. The number of nitrogens with zero attached hydrogens (tertiary/aromatic N) is 2. The third-order valence-electron chi connectivity index (χ3n) is 3.83. The summed E-state index contributed by atoms with van der Waals surface area (Å²) in [5.41, 5.74) is 5.82. The molecule has 0 radical (unpaired) electrons. The van der Waals surface area contributed by atoms with E-state index < -0.39 is 5.56 Å². The maximum Gasteiger partial charge on any atom is 0.271 e. The van der Waals surface area contributed by atoms with Gasteiger partial charge >= 0.3 is 0 Å². The zero-order valence-electron chi connectivity index (χ0n) is 12.4. The molecule has 0 spiro atoms. The molecule has 1 aromatic rings. The van der Waals surface area contributed by atoms with Crippen molar-refractivity contribution >= 4 is 5.69 Å². The Kier molecular flexibility index (Phi) is 5.63. The van der Waals surface area contributed by atoms with Crippen molar-refractivity contribution < 1.29 is 5.11 Å². The van der Waals surface area contributed by atoms with Gasteiger partial charge in [0.2, 0.25) is 5.88 Å². The molecule has 1 heterocycles. The van der Waals surface area contributed by atoms with Gasteiger partial charge < -0.3 is 10.8 Å². The lowest BCUT2D eigenvalue weighted by molar-refractivity contribution is 0.341. The van der Waals surface area contributed by atoms with Gasteiger partial charge in [-0.2, -0.15) is 5.26 Å². The molecule has 5 nitrogen and oxygen atoms in total. The fourth-order valence-corrected chi connectivity index (χ4v) is 2.32. The highest BCUT2D eigenvalue weighted by Gasteiger charge is 2.19. The minimum atomic E-state index is -0.452. The zero-order chi connectivity index (χ0) is 15.3. The van der Waals surface area contributed by atoms with Crippen molar-refractivity contribution in [3.8, 4) is 11.9 Å². The largest absolute Gasteiger partial charge is 0.493 e. The molecular weight excluding hydrogens is 254 g/mol. The Hall–Kier alpha value is -1.96. The summed E-state index contributed by atoms with van der Waals surface area (Å²) in [6.45, 7) is 6.16. The number of nitriles is 1. The molecule has 0 saturated carbocycles. The number of pyridine rings is 1. The average Bonchev–Trinajstić information content (AvgIpc) is 2.45. The summed E-state index contributed by atoms with van der Waals surface area (Å²) >= 11 is 0. The predicted octanol–water partition coefficient (Wildman–Crippen LogP) is 2.53. The van der Waals surface area contributed by atoms with E-state index in [1.54, 1.807) is 6.92 Å². The van der Waals surface area contributed by atoms with E-state index in [1.165, 1.54) is 4.57 Å². The highest BCUT2D eigenvalue weighted by atomic mass is 16.3. The van der Waals surface area contributed by atoms with Crippen LogP contribution in [-0.4, -0.2) is 9.67 Å². The van der Waals surface area contributed by atoms with Crippen LogP contribution in [0.5, 0.6) is 5.88 Å². The fourth-order valence-electron chi connectivity index (χ4n) is 2.32.